The van der Waals surface area contributed by atoms with E-state index in [1.54, 1.807) is 0 Å². The molecule has 0 spiro atoms. The fraction of sp³-hybridized carbons (Fsp3) is 1.00. The minimum absolute atomic E-state index is 0.386. The average molecular weight is 314 g/mol. The highest BCUT2D eigenvalue weighted by molar-refractivity contribution is 14.2. The Morgan fingerprint density at radius 1 is 1.60 bits per heavy atom. The summed E-state index contributed by atoms with van der Waals surface area (Å²) in [6.45, 7) is 0. The van der Waals surface area contributed by atoms with Crippen molar-refractivity contribution in [2.45, 2.75) is 2.12 Å². The average Bonchev–Trinajstić information content (AvgIpc) is 1.38. The molecule has 0 saturated carbocycles. The molecule has 0 atom stereocenters. The number of halogens is 2. The number of alkyl halides is 2. The van der Waals surface area contributed by atoms with E-state index in [0.717, 1.165) is 10.5 Å². The van der Waals surface area contributed by atoms with Gasteiger partial charge >= 0.3 is 0 Å². The summed E-state index contributed by atoms with van der Waals surface area (Å²) in [6, 6.07) is 0. The summed E-state index contributed by atoms with van der Waals surface area (Å²) in [7, 11) is 0.858. The molecule has 1 nitrogen and oxygen atoms in total. The van der Waals surface area contributed by atoms with Crippen LogP contribution in [-0.4, -0.2) is 12.6 Å². The van der Waals surface area contributed by atoms with Crippen LogP contribution in [0.3, 0.4) is 0 Å². The van der Waals surface area contributed by atoms with Crippen molar-refractivity contribution >= 4 is 55.7 Å². The Kier molecular flexibility index (Phi) is 5.06. The van der Waals surface area contributed by atoms with E-state index < -0.39 is 0 Å². The molecule has 0 bridgehead atoms. The Morgan fingerprint density at radius 2 is 1.80 bits per heavy atom. The first-order chi connectivity index (χ1) is 2.27. The summed E-state index contributed by atoms with van der Waals surface area (Å²) in [4.78, 5) is 0. The third-order valence-electron chi connectivity index (χ3n) is 0.178. The Morgan fingerprint density at radius 3 is 1.80 bits per heavy atom. The Bertz CT molecular complexity index is 23.6. The zero-order valence-electron chi connectivity index (χ0n) is 2.74. The minimum atomic E-state index is 0.386. The monoisotopic (exact) mass is 314 g/mol. The van der Waals surface area contributed by atoms with Crippen molar-refractivity contribution in [1.82, 2.24) is 0 Å². The van der Waals surface area contributed by atoms with Crippen LogP contribution in [-0.2, 0) is 4.43 Å². The number of hydrogen-bond donors (Lipinski definition) is 0. The van der Waals surface area contributed by atoms with Gasteiger partial charge in [0.2, 0.25) is 0 Å². The Balaban J connectivity index is 2.54. The van der Waals surface area contributed by atoms with Crippen molar-refractivity contribution in [3.8, 4) is 0 Å². The van der Waals surface area contributed by atoms with E-state index in [9.17, 15) is 0 Å². The third kappa shape index (κ3) is 5.64. The molecule has 0 N–H and O–H groups in total. The van der Waals surface area contributed by atoms with Crippen molar-refractivity contribution in [3.63, 3.8) is 0 Å². The fourth-order valence-electron chi connectivity index (χ4n) is 0. The topological polar surface area (TPSA) is 9.23 Å². The van der Waals surface area contributed by atoms with E-state index in [2.05, 4.69) is 45.2 Å². The van der Waals surface area contributed by atoms with Crippen molar-refractivity contribution in [1.29, 1.82) is 0 Å². The summed E-state index contributed by atoms with van der Waals surface area (Å²) in [5, 5.41) is 0. The molecule has 0 fully saturated rings. The van der Waals surface area contributed by atoms with Gasteiger partial charge in [-0.05, 0) is 45.2 Å². The molecule has 0 rings (SSSR count). The lowest BCUT2D eigenvalue weighted by Gasteiger charge is -1.91. The molecular formula is CH4I2OSi. The van der Waals surface area contributed by atoms with Gasteiger partial charge in [-0.3, -0.25) is 0 Å². The van der Waals surface area contributed by atoms with Gasteiger partial charge in [-0.15, -0.1) is 0 Å². The van der Waals surface area contributed by atoms with Gasteiger partial charge in [-0.25, -0.2) is 0 Å². The first-order valence-corrected chi connectivity index (χ1v) is 4.39. The lowest BCUT2D eigenvalue weighted by Crippen LogP contribution is -1.85. The zero-order valence-corrected chi connectivity index (χ0v) is 9.06. The van der Waals surface area contributed by atoms with Crippen LogP contribution in [0.2, 0.25) is 0 Å². The maximum Gasteiger partial charge on any atom is 0.148 e. The van der Waals surface area contributed by atoms with Gasteiger partial charge in [-0.1, -0.05) is 0 Å². The Labute approximate surface area is 61.7 Å². The SMILES string of the molecule is [SiH3]OC(I)I. The van der Waals surface area contributed by atoms with Gasteiger partial charge in [0.25, 0.3) is 0 Å². The van der Waals surface area contributed by atoms with Crippen LogP contribution in [0.5, 0.6) is 0 Å². The molecule has 0 radical (unpaired) electrons. The third-order valence-corrected chi connectivity index (χ3v) is 3.59. The second-order valence-electron chi connectivity index (χ2n) is 0.496. The lowest BCUT2D eigenvalue weighted by molar-refractivity contribution is 0.433. The van der Waals surface area contributed by atoms with Crippen molar-refractivity contribution in [2.24, 2.45) is 0 Å². The van der Waals surface area contributed by atoms with Gasteiger partial charge in [0.05, 0.1) is 0 Å². The molecule has 4 heteroatoms. The molecule has 0 unspecified atom stereocenters. The van der Waals surface area contributed by atoms with Crippen LogP contribution in [0.15, 0.2) is 0 Å². The maximum absolute atomic E-state index is 4.86. The van der Waals surface area contributed by atoms with Crippen LogP contribution in [0.1, 0.15) is 0 Å². The number of hydrogen-bond acceptors (Lipinski definition) is 1. The highest BCUT2D eigenvalue weighted by Gasteiger charge is 1.83. The quantitative estimate of drug-likeness (QED) is 0.388. The Hall–Kier alpha value is 1.64. The van der Waals surface area contributed by atoms with Gasteiger partial charge in [0.15, 0.2) is 0 Å². The first kappa shape index (κ1) is 6.64. The zero-order chi connectivity index (χ0) is 4.28. The maximum atomic E-state index is 4.86. The standard InChI is InChI=1S/CH4I2OSi/c2-1(3)4-5/h1H,5H3. The van der Waals surface area contributed by atoms with E-state index in [1.165, 1.54) is 0 Å². The molecule has 0 amide bonds. The van der Waals surface area contributed by atoms with Crippen LogP contribution >= 0.6 is 45.2 Å². The molecule has 0 aromatic heterocycles. The molecule has 0 aromatic rings. The van der Waals surface area contributed by atoms with E-state index >= 15 is 0 Å². The summed E-state index contributed by atoms with van der Waals surface area (Å²) >= 11 is 4.41. The van der Waals surface area contributed by atoms with Gasteiger partial charge in [-0.2, -0.15) is 0 Å². The highest BCUT2D eigenvalue weighted by atomic mass is 127. The van der Waals surface area contributed by atoms with E-state index in [0.29, 0.717) is 2.12 Å². The van der Waals surface area contributed by atoms with Crippen molar-refractivity contribution in [3.05, 3.63) is 0 Å². The largest absolute Gasteiger partial charge is 0.409 e. The van der Waals surface area contributed by atoms with Gasteiger partial charge in [0, 0.05) is 0 Å². The summed E-state index contributed by atoms with van der Waals surface area (Å²) in [5.74, 6) is 0. The summed E-state index contributed by atoms with van der Waals surface area (Å²) in [5.41, 5.74) is 0. The van der Waals surface area contributed by atoms with Crippen molar-refractivity contribution in [2.75, 3.05) is 0 Å². The minimum Gasteiger partial charge on any atom is -0.409 e. The highest BCUT2D eigenvalue weighted by Crippen LogP contribution is 2.07. The molecule has 0 aliphatic heterocycles. The smallest absolute Gasteiger partial charge is 0.148 e. The normalized spacial score (nSPS) is 10.2. The van der Waals surface area contributed by atoms with Gasteiger partial charge < -0.3 is 4.43 Å². The van der Waals surface area contributed by atoms with Crippen molar-refractivity contribution < 1.29 is 4.43 Å². The van der Waals surface area contributed by atoms with E-state index in [-0.39, 0.29) is 0 Å². The van der Waals surface area contributed by atoms with E-state index in [4.69, 9.17) is 4.43 Å². The molecular weight excluding hydrogens is 310 g/mol. The molecule has 0 saturated heterocycles. The fourth-order valence-corrected chi connectivity index (χ4v) is 0. The van der Waals surface area contributed by atoms with Crippen LogP contribution in [0.25, 0.3) is 0 Å². The summed E-state index contributed by atoms with van der Waals surface area (Å²) in [6.07, 6.45) is 0. The molecule has 32 valence electrons. The molecule has 0 aromatic carbocycles. The second kappa shape index (κ2) is 3.81. The molecule has 0 heterocycles. The van der Waals surface area contributed by atoms with Crippen LogP contribution in [0, 0.1) is 0 Å². The molecule has 0 aliphatic rings. The first-order valence-electron chi connectivity index (χ1n) is 1.08. The predicted octanol–water partition coefficient (Wildman–Crippen LogP) is 0.437. The van der Waals surface area contributed by atoms with Gasteiger partial charge in [0.1, 0.15) is 12.6 Å². The number of rotatable bonds is 1. The van der Waals surface area contributed by atoms with E-state index in [1.807, 2.05) is 0 Å². The van der Waals surface area contributed by atoms with Crippen LogP contribution < -0.4 is 0 Å². The summed E-state index contributed by atoms with van der Waals surface area (Å²) < 4.78 is 5.25. The second-order valence-corrected chi connectivity index (χ2v) is 5.61. The van der Waals surface area contributed by atoms with Crippen LogP contribution in [0.4, 0.5) is 0 Å². The molecule has 5 heavy (non-hydrogen) atoms. The lowest BCUT2D eigenvalue weighted by atomic mass is 11.8. The molecule has 0 aliphatic carbocycles. The predicted molar refractivity (Wildman–Crippen MR) is 42.9 cm³/mol.